The predicted octanol–water partition coefficient (Wildman–Crippen LogP) is 7.24. The highest BCUT2D eigenvalue weighted by molar-refractivity contribution is 5.89. The minimum absolute atomic E-state index is 0.362. The van der Waals surface area contributed by atoms with E-state index in [0.717, 1.165) is 42.6 Å². The summed E-state index contributed by atoms with van der Waals surface area (Å²) in [5.74, 6) is 0.463. The highest BCUT2D eigenvalue weighted by Crippen LogP contribution is 2.21. The molecule has 1 amide bonds. The first-order chi connectivity index (χ1) is 18.7. The number of ether oxygens (including phenoxy) is 3. The molecular weight excluding hydrogens is 490 g/mol. The summed E-state index contributed by atoms with van der Waals surface area (Å²) in [6, 6.07) is 25.6. The van der Waals surface area contributed by atoms with Gasteiger partial charge in [0.2, 0.25) is 0 Å². The summed E-state index contributed by atoms with van der Waals surface area (Å²) < 4.78 is 16.6. The van der Waals surface area contributed by atoms with Crippen LogP contribution in [0, 0.1) is 0 Å². The molecule has 0 fully saturated rings. The largest absolute Gasteiger partial charge is 0.493 e. The van der Waals surface area contributed by atoms with Crippen LogP contribution in [0.4, 0.5) is 4.79 Å². The van der Waals surface area contributed by atoms with E-state index in [1.807, 2.05) is 63.2 Å². The number of esters is 1. The third kappa shape index (κ3) is 10.5. The maximum atomic E-state index is 13.1. The van der Waals surface area contributed by atoms with Crippen LogP contribution in [-0.4, -0.2) is 42.8 Å². The van der Waals surface area contributed by atoms with Crippen molar-refractivity contribution >= 4 is 12.1 Å². The standard InChI is InChI=1S/C33H41NO5/c1-33(2,3)39-32(36)34(25-27-18-20-29(21-19-27)31(35)37-4)23-22-28-16-10-11-17-30(28)38-24-12-6-9-15-26-13-7-5-8-14-26/h5,7-8,10-11,13-14,16-21H,6,9,12,15,22-25H2,1-4H3. The number of carbonyl (C=O) groups is 2. The molecule has 3 aromatic carbocycles. The molecule has 0 saturated carbocycles. The van der Waals surface area contributed by atoms with Crippen molar-refractivity contribution in [2.75, 3.05) is 20.3 Å². The molecule has 0 heterocycles. The summed E-state index contributed by atoms with van der Waals surface area (Å²) in [4.78, 5) is 26.5. The number of para-hydroxylation sites is 1. The molecule has 0 aliphatic carbocycles. The van der Waals surface area contributed by atoms with E-state index in [1.54, 1.807) is 17.0 Å². The molecule has 0 radical (unpaired) electrons. The van der Waals surface area contributed by atoms with E-state index in [-0.39, 0.29) is 6.09 Å². The molecule has 6 heteroatoms. The van der Waals surface area contributed by atoms with Gasteiger partial charge in [-0.25, -0.2) is 9.59 Å². The Labute approximate surface area is 232 Å². The van der Waals surface area contributed by atoms with Crippen LogP contribution >= 0.6 is 0 Å². The van der Waals surface area contributed by atoms with E-state index in [9.17, 15) is 9.59 Å². The average molecular weight is 532 g/mol. The number of nitrogens with zero attached hydrogens (tertiary/aromatic N) is 1. The zero-order valence-corrected chi connectivity index (χ0v) is 23.7. The van der Waals surface area contributed by atoms with Gasteiger partial charge in [-0.2, -0.15) is 0 Å². The fourth-order valence-electron chi connectivity index (χ4n) is 4.19. The van der Waals surface area contributed by atoms with E-state index in [4.69, 9.17) is 14.2 Å². The minimum Gasteiger partial charge on any atom is -0.493 e. The fourth-order valence-corrected chi connectivity index (χ4v) is 4.19. The van der Waals surface area contributed by atoms with Gasteiger partial charge in [0, 0.05) is 13.1 Å². The molecule has 0 aliphatic rings. The van der Waals surface area contributed by atoms with Gasteiger partial charge in [0.1, 0.15) is 11.4 Å². The molecule has 0 spiro atoms. The molecule has 0 saturated heterocycles. The van der Waals surface area contributed by atoms with Gasteiger partial charge in [-0.05, 0) is 87.8 Å². The van der Waals surface area contributed by atoms with Crippen molar-refractivity contribution in [2.45, 2.75) is 65.0 Å². The number of methoxy groups -OCH3 is 1. The second-order valence-electron chi connectivity index (χ2n) is 10.6. The van der Waals surface area contributed by atoms with Crippen LogP contribution in [0.2, 0.25) is 0 Å². The lowest BCUT2D eigenvalue weighted by Crippen LogP contribution is -2.37. The minimum atomic E-state index is -0.606. The first-order valence-corrected chi connectivity index (χ1v) is 13.6. The van der Waals surface area contributed by atoms with E-state index < -0.39 is 11.6 Å². The van der Waals surface area contributed by atoms with E-state index in [0.29, 0.717) is 31.7 Å². The lowest BCUT2D eigenvalue weighted by molar-refractivity contribution is 0.0235. The summed E-state index contributed by atoms with van der Waals surface area (Å²) in [6.45, 7) is 7.06. The molecule has 0 aromatic heterocycles. The Kier molecular flexibility index (Phi) is 11.4. The summed E-state index contributed by atoms with van der Waals surface area (Å²) >= 11 is 0. The number of carbonyl (C=O) groups excluding carboxylic acids is 2. The van der Waals surface area contributed by atoms with Crippen LogP contribution in [0.1, 0.15) is 67.1 Å². The van der Waals surface area contributed by atoms with Crippen molar-refractivity contribution in [3.05, 3.63) is 101 Å². The van der Waals surface area contributed by atoms with Crippen LogP contribution < -0.4 is 4.74 Å². The number of benzene rings is 3. The highest BCUT2D eigenvalue weighted by atomic mass is 16.6. The number of aryl methyl sites for hydroxylation is 1. The summed E-state index contributed by atoms with van der Waals surface area (Å²) in [6.07, 6.45) is 4.58. The van der Waals surface area contributed by atoms with Crippen molar-refractivity contribution in [1.29, 1.82) is 0 Å². The Hall–Kier alpha value is -3.80. The summed E-state index contributed by atoms with van der Waals surface area (Å²) in [5.41, 5.74) is 3.19. The molecule has 0 bridgehead atoms. The van der Waals surface area contributed by atoms with Crippen molar-refractivity contribution in [1.82, 2.24) is 4.90 Å². The molecule has 0 atom stereocenters. The van der Waals surface area contributed by atoms with Crippen LogP contribution in [0.5, 0.6) is 5.75 Å². The number of hydrogen-bond acceptors (Lipinski definition) is 5. The van der Waals surface area contributed by atoms with Crippen LogP contribution in [0.15, 0.2) is 78.9 Å². The van der Waals surface area contributed by atoms with E-state index >= 15 is 0 Å². The average Bonchev–Trinajstić information content (AvgIpc) is 2.93. The lowest BCUT2D eigenvalue weighted by atomic mass is 10.1. The maximum absolute atomic E-state index is 13.1. The van der Waals surface area contributed by atoms with Crippen LogP contribution in [0.25, 0.3) is 0 Å². The van der Waals surface area contributed by atoms with E-state index in [2.05, 4.69) is 24.3 Å². The Morgan fingerprint density at radius 1 is 0.769 bits per heavy atom. The molecular formula is C33H41NO5. The predicted molar refractivity (Wildman–Crippen MR) is 154 cm³/mol. The SMILES string of the molecule is COC(=O)c1ccc(CN(CCc2ccccc2OCCCCCc2ccccc2)C(=O)OC(C)(C)C)cc1. The van der Waals surface area contributed by atoms with Gasteiger partial charge in [0.05, 0.1) is 19.3 Å². The van der Waals surface area contributed by atoms with Gasteiger partial charge >= 0.3 is 12.1 Å². The zero-order chi connectivity index (χ0) is 28.1. The molecule has 39 heavy (non-hydrogen) atoms. The lowest BCUT2D eigenvalue weighted by Gasteiger charge is -2.28. The number of amides is 1. The Morgan fingerprint density at radius 3 is 2.15 bits per heavy atom. The Bertz CT molecular complexity index is 1170. The Balaban J connectivity index is 1.57. The van der Waals surface area contributed by atoms with Gasteiger partial charge < -0.3 is 19.1 Å². The van der Waals surface area contributed by atoms with Crippen LogP contribution in [-0.2, 0) is 28.9 Å². The molecule has 3 rings (SSSR count). The first kappa shape index (κ1) is 29.8. The molecule has 0 N–H and O–H groups in total. The molecule has 208 valence electrons. The van der Waals surface area contributed by atoms with Crippen molar-refractivity contribution in [3.63, 3.8) is 0 Å². The summed E-state index contributed by atoms with van der Waals surface area (Å²) in [7, 11) is 1.36. The molecule has 0 aliphatic heterocycles. The quantitative estimate of drug-likeness (QED) is 0.172. The van der Waals surface area contributed by atoms with Crippen molar-refractivity contribution in [2.24, 2.45) is 0 Å². The third-order valence-corrected chi connectivity index (χ3v) is 6.23. The smallest absolute Gasteiger partial charge is 0.410 e. The zero-order valence-electron chi connectivity index (χ0n) is 23.7. The van der Waals surface area contributed by atoms with Crippen molar-refractivity contribution in [3.8, 4) is 5.75 Å². The number of unbranched alkanes of at least 4 members (excludes halogenated alkanes) is 2. The Morgan fingerprint density at radius 2 is 1.46 bits per heavy atom. The normalized spacial score (nSPS) is 11.1. The van der Waals surface area contributed by atoms with E-state index in [1.165, 1.54) is 12.7 Å². The van der Waals surface area contributed by atoms with Gasteiger partial charge in [0.15, 0.2) is 0 Å². The van der Waals surface area contributed by atoms with Gasteiger partial charge in [0.25, 0.3) is 0 Å². The van der Waals surface area contributed by atoms with Crippen LogP contribution in [0.3, 0.4) is 0 Å². The summed E-state index contributed by atoms with van der Waals surface area (Å²) in [5, 5.41) is 0. The first-order valence-electron chi connectivity index (χ1n) is 13.6. The van der Waals surface area contributed by atoms with Gasteiger partial charge in [-0.3, -0.25) is 0 Å². The second kappa shape index (κ2) is 15.0. The van der Waals surface area contributed by atoms with Gasteiger partial charge in [-0.1, -0.05) is 60.7 Å². The molecule has 0 unspecified atom stereocenters. The topological polar surface area (TPSA) is 65.1 Å². The van der Waals surface area contributed by atoms with Gasteiger partial charge in [-0.15, -0.1) is 0 Å². The molecule has 6 nitrogen and oxygen atoms in total. The van der Waals surface area contributed by atoms with Crippen molar-refractivity contribution < 1.29 is 23.8 Å². The number of hydrogen-bond donors (Lipinski definition) is 0. The fraction of sp³-hybridized carbons (Fsp3) is 0.394. The number of rotatable bonds is 13. The second-order valence-corrected chi connectivity index (χ2v) is 10.6. The highest BCUT2D eigenvalue weighted by Gasteiger charge is 2.23. The molecule has 3 aromatic rings. The third-order valence-electron chi connectivity index (χ3n) is 6.23. The monoisotopic (exact) mass is 531 g/mol. The maximum Gasteiger partial charge on any atom is 0.410 e.